The number of thiophene rings is 1. The Kier molecular flexibility index (Phi) is 6.88. The minimum atomic E-state index is -4.42. The zero-order valence-corrected chi connectivity index (χ0v) is 15.9. The van der Waals surface area contributed by atoms with Crippen LogP contribution in [0.4, 0.5) is 0 Å². The Morgan fingerprint density at radius 1 is 1.29 bits per heavy atom. The van der Waals surface area contributed by atoms with Crippen LogP contribution in [0.2, 0.25) is 0 Å². The lowest BCUT2D eigenvalue weighted by molar-refractivity contribution is 0.0936. The lowest BCUT2D eigenvalue weighted by Crippen LogP contribution is -2.51. The fourth-order valence-corrected chi connectivity index (χ4v) is 5.54. The molecule has 6 nitrogen and oxygen atoms in total. The van der Waals surface area contributed by atoms with Crippen LogP contribution in [0.3, 0.4) is 0 Å². The second kappa shape index (κ2) is 8.30. The van der Waals surface area contributed by atoms with Gasteiger partial charge < -0.3 is 20.4 Å². The smallest absolute Gasteiger partial charge is 0.336 e. The highest BCUT2D eigenvalue weighted by molar-refractivity contribution is 7.52. The van der Waals surface area contributed by atoms with Crippen LogP contribution in [0, 0.1) is 0 Å². The van der Waals surface area contributed by atoms with Crippen LogP contribution in [0.25, 0.3) is 0 Å². The van der Waals surface area contributed by atoms with Crippen LogP contribution in [-0.4, -0.2) is 34.1 Å². The minimum absolute atomic E-state index is 0. The summed E-state index contributed by atoms with van der Waals surface area (Å²) in [6.07, 6.45) is 6.85. The van der Waals surface area contributed by atoms with Gasteiger partial charge in [-0.05, 0) is 56.7 Å². The quantitative estimate of drug-likeness (QED) is 0.588. The second-order valence-corrected chi connectivity index (χ2v) is 9.20. The summed E-state index contributed by atoms with van der Waals surface area (Å²) in [7, 11) is -4.42. The molecule has 136 valence electrons. The first kappa shape index (κ1) is 19.9. The molecule has 0 saturated carbocycles. The highest BCUT2D eigenvalue weighted by atomic mass is 35.5. The molecule has 1 fully saturated rings. The Balaban J connectivity index is 0.00000208. The molecule has 0 bridgehead atoms. The van der Waals surface area contributed by atoms with Crippen molar-refractivity contribution in [1.82, 2.24) is 10.6 Å². The van der Waals surface area contributed by atoms with Crippen LogP contribution in [0.15, 0.2) is 6.07 Å². The zero-order chi connectivity index (χ0) is 16.4. The summed E-state index contributed by atoms with van der Waals surface area (Å²) in [5, 5.41) is 5.73. The molecular formula is C15H24ClN2O4PS. The van der Waals surface area contributed by atoms with E-state index in [1.54, 1.807) is 0 Å². The average Bonchev–Trinajstić information content (AvgIpc) is 2.96. The van der Waals surface area contributed by atoms with E-state index in [2.05, 4.69) is 10.6 Å². The molecule has 2 atom stereocenters. The number of aryl methyl sites for hydroxylation is 2. The predicted octanol–water partition coefficient (Wildman–Crippen LogP) is 2.42. The fourth-order valence-electron chi connectivity index (χ4n) is 3.38. The highest BCUT2D eigenvalue weighted by Crippen LogP contribution is 2.43. The van der Waals surface area contributed by atoms with Crippen LogP contribution in [0.5, 0.6) is 0 Å². The zero-order valence-electron chi connectivity index (χ0n) is 13.4. The van der Waals surface area contributed by atoms with Gasteiger partial charge in [0.2, 0.25) is 0 Å². The number of hydrogen-bond acceptors (Lipinski definition) is 4. The third kappa shape index (κ3) is 4.59. The van der Waals surface area contributed by atoms with Gasteiger partial charge in [-0.15, -0.1) is 23.7 Å². The van der Waals surface area contributed by atoms with Crippen molar-refractivity contribution in [2.75, 3.05) is 6.54 Å². The van der Waals surface area contributed by atoms with Gasteiger partial charge in [0.1, 0.15) is 5.78 Å². The third-order valence-electron chi connectivity index (χ3n) is 4.59. The van der Waals surface area contributed by atoms with Gasteiger partial charge >= 0.3 is 7.60 Å². The maximum absolute atomic E-state index is 12.5. The van der Waals surface area contributed by atoms with Gasteiger partial charge in [-0.1, -0.05) is 6.42 Å². The van der Waals surface area contributed by atoms with Crippen molar-refractivity contribution in [2.24, 2.45) is 0 Å². The van der Waals surface area contributed by atoms with E-state index in [-0.39, 0.29) is 24.4 Å². The van der Waals surface area contributed by atoms with Crippen molar-refractivity contribution >= 4 is 37.2 Å². The number of carbonyl (C=O) groups excluding carboxylic acids is 1. The summed E-state index contributed by atoms with van der Waals surface area (Å²) in [5.74, 6) is -1.53. The molecule has 1 amide bonds. The molecule has 1 saturated heterocycles. The Morgan fingerprint density at radius 3 is 2.67 bits per heavy atom. The Hall–Kier alpha value is -0.430. The number of halogens is 1. The van der Waals surface area contributed by atoms with E-state index in [0.717, 1.165) is 45.1 Å². The van der Waals surface area contributed by atoms with Gasteiger partial charge in [0.05, 0.1) is 4.88 Å². The number of rotatable bonds is 4. The normalized spacial score (nSPS) is 22.2. The van der Waals surface area contributed by atoms with Crippen LogP contribution >= 0.6 is 31.3 Å². The van der Waals surface area contributed by atoms with Crippen molar-refractivity contribution in [2.45, 2.75) is 56.8 Å². The molecule has 24 heavy (non-hydrogen) atoms. The molecule has 2 aliphatic rings. The van der Waals surface area contributed by atoms with E-state index in [9.17, 15) is 19.1 Å². The van der Waals surface area contributed by atoms with E-state index in [0.29, 0.717) is 11.3 Å². The number of nitrogens with one attached hydrogen (secondary N) is 2. The van der Waals surface area contributed by atoms with E-state index in [1.807, 2.05) is 6.07 Å². The summed E-state index contributed by atoms with van der Waals surface area (Å²) < 4.78 is 11.8. The van der Waals surface area contributed by atoms with Gasteiger partial charge in [-0.3, -0.25) is 9.36 Å². The molecular weight excluding hydrogens is 371 g/mol. The van der Waals surface area contributed by atoms with Crippen molar-refractivity contribution in [3.63, 3.8) is 0 Å². The molecule has 0 radical (unpaired) electrons. The number of piperidine rings is 1. The monoisotopic (exact) mass is 394 g/mol. The van der Waals surface area contributed by atoms with Gasteiger partial charge in [0.25, 0.3) is 5.91 Å². The van der Waals surface area contributed by atoms with E-state index in [1.165, 1.54) is 21.8 Å². The first-order valence-electron chi connectivity index (χ1n) is 8.16. The molecule has 0 spiro atoms. The van der Waals surface area contributed by atoms with E-state index in [4.69, 9.17) is 0 Å². The second-order valence-electron chi connectivity index (χ2n) is 6.33. The number of fused-ring (bicyclic) bond motifs is 1. The van der Waals surface area contributed by atoms with Gasteiger partial charge in [0, 0.05) is 10.9 Å². The standard InChI is InChI=1S/C15H23N2O4PS.ClH/c18-14(13-9-10-5-1-2-7-12(10)23-13)17-15(22(19,20)21)11-6-3-4-8-16-11;/h9,11,15-16H,1-8H2,(H,17,18)(H2,19,20,21);1H. The lowest BCUT2D eigenvalue weighted by atomic mass is 9.99. The Bertz CT molecular complexity index is 603. The molecule has 9 heteroatoms. The molecule has 3 rings (SSSR count). The number of carbonyl (C=O) groups is 1. The largest absolute Gasteiger partial charge is 0.349 e. The SMILES string of the molecule is Cl.O=C(NC(C1CCCCN1)P(=O)(O)O)c1cc2c(s1)CCCC2. The third-order valence-corrected chi connectivity index (χ3v) is 7.04. The maximum atomic E-state index is 12.5. The van der Waals surface area contributed by atoms with Crippen molar-refractivity contribution in [1.29, 1.82) is 0 Å². The number of hydrogen-bond donors (Lipinski definition) is 4. The first-order valence-corrected chi connectivity index (χ1v) is 10.7. The summed E-state index contributed by atoms with van der Waals surface area (Å²) in [6, 6.07) is 1.52. The van der Waals surface area contributed by atoms with Gasteiger partial charge in [-0.25, -0.2) is 0 Å². The van der Waals surface area contributed by atoms with Crippen LogP contribution < -0.4 is 10.6 Å². The lowest BCUT2D eigenvalue weighted by Gasteiger charge is -2.32. The van der Waals surface area contributed by atoms with Crippen molar-refractivity contribution < 1.29 is 19.1 Å². The molecule has 2 heterocycles. The predicted molar refractivity (Wildman–Crippen MR) is 97.1 cm³/mol. The fraction of sp³-hybridized carbons (Fsp3) is 0.667. The Morgan fingerprint density at radius 2 is 2.04 bits per heavy atom. The maximum Gasteiger partial charge on any atom is 0.349 e. The summed E-state index contributed by atoms with van der Waals surface area (Å²) in [4.78, 5) is 33.6. The topological polar surface area (TPSA) is 98.7 Å². The minimum Gasteiger partial charge on any atom is -0.336 e. The van der Waals surface area contributed by atoms with E-state index >= 15 is 0 Å². The van der Waals surface area contributed by atoms with Crippen molar-refractivity contribution in [3.05, 3.63) is 21.4 Å². The summed E-state index contributed by atoms with van der Waals surface area (Å²) >= 11 is 1.46. The average molecular weight is 395 g/mol. The van der Waals surface area contributed by atoms with E-state index < -0.39 is 13.4 Å². The highest BCUT2D eigenvalue weighted by Gasteiger charge is 2.38. The van der Waals surface area contributed by atoms with Gasteiger partial charge in [-0.2, -0.15) is 0 Å². The van der Waals surface area contributed by atoms with Crippen molar-refractivity contribution in [3.8, 4) is 0 Å². The molecule has 1 aromatic rings. The first-order chi connectivity index (χ1) is 10.9. The van der Waals surface area contributed by atoms with Crippen LogP contribution in [0.1, 0.15) is 52.2 Å². The summed E-state index contributed by atoms with van der Waals surface area (Å²) in [6.45, 7) is 0.727. The van der Waals surface area contributed by atoms with Gasteiger partial charge in [0.15, 0.2) is 0 Å². The Labute approximate surface area is 152 Å². The number of amides is 1. The molecule has 2 unspecified atom stereocenters. The molecule has 1 aliphatic heterocycles. The molecule has 4 N–H and O–H groups in total. The molecule has 1 aromatic heterocycles. The molecule has 1 aliphatic carbocycles. The summed E-state index contributed by atoms with van der Waals surface area (Å²) in [5.41, 5.74) is 1.22. The van der Waals surface area contributed by atoms with Crippen LogP contribution in [-0.2, 0) is 17.4 Å². The molecule has 0 aromatic carbocycles.